The van der Waals surface area contributed by atoms with Crippen molar-refractivity contribution in [2.24, 2.45) is 0 Å². The number of aromatic nitrogens is 1. The van der Waals surface area contributed by atoms with Crippen molar-refractivity contribution in [3.05, 3.63) is 120 Å². The van der Waals surface area contributed by atoms with E-state index in [1.807, 2.05) is 97.2 Å². The fourth-order valence-electron chi connectivity index (χ4n) is 5.32. The first-order valence-electron chi connectivity index (χ1n) is 13.1. The third kappa shape index (κ3) is 4.18. The van der Waals surface area contributed by atoms with E-state index in [1.54, 1.807) is 16.1 Å². The summed E-state index contributed by atoms with van der Waals surface area (Å²) in [6.07, 6.45) is 5.36. The molecule has 0 fully saturated rings. The molecule has 1 atom stereocenters. The van der Waals surface area contributed by atoms with Crippen LogP contribution in [0.25, 0.3) is 16.5 Å². The number of para-hydroxylation sites is 2. The molecule has 0 bridgehead atoms. The second-order valence-electron chi connectivity index (χ2n) is 9.62. The predicted molar refractivity (Wildman–Crippen MR) is 149 cm³/mol. The number of rotatable bonds is 7. The summed E-state index contributed by atoms with van der Waals surface area (Å²) in [6.45, 7) is 2.56. The van der Waals surface area contributed by atoms with E-state index >= 15 is 0 Å². The number of furan rings is 1. The van der Waals surface area contributed by atoms with Gasteiger partial charge in [-0.2, -0.15) is 0 Å². The smallest absolute Gasteiger partial charge is 0.254 e. The van der Waals surface area contributed by atoms with Crippen molar-refractivity contribution in [1.82, 2.24) is 9.47 Å². The number of unbranched alkanes of at least 4 members (excludes halogenated alkanes) is 1. The molecule has 0 aliphatic carbocycles. The zero-order chi connectivity index (χ0) is 26.1. The minimum atomic E-state index is -0.439. The minimum Gasteiger partial charge on any atom is -0.467 e. The molecule has 190 valence electrons. The molecule has 0 radical (unpaired) electrons. The Bertz CT molecular complexity index is 1600. The zero-order valence-electron chi connectivity index (χ0n) is 21.3. The molecule has 5 aromatic rings. The van der Waals surface area contributed by atoms with Crippen LogP contribution in [0.1, 0.15) is 47.6 Å². The zero-order valence-corrected chi connectivity index (χ0v) is 21.3. The predicted octanol–water partition coefficient (Wildman–Crippen LogP) is 6.60. The molecular formula is C32H29N3O3. The maximum Gasteiger partial charge on any atom is 0.254 e. The molecule has 0 spiro atoms. The number of carbonyl (C=O) groups is 2. The van der Waals surface area contributed by atoms with Gasteiger partial charge in [0.15, 0.2) is 0 Å². The van der Waals surface area contributed by atoms with Crippen LogP contribution in [0.3, 0.4) is 0 Å². The van der Waals surface area contributed by atoms with Crippen molar-refractivity contribution in [3.63, 3.8) is 0 Å². The fourth-order valence-corrected chi connectivity index (χ4v) is 5.32. The van der Waals surface area contributed by atoms with Gasteiger partial charge in [-0.05, 0) is 65.7 Å². The first-order chi connectivity index (χ1) is 18.7. The Morgan fingerprint density at radius 2 is 1.66 bits per heavy atom. The number of hydrogen-bond acceptors (Lipinski definition) is 3. The SMILES string of the molecule is CCCCN(CC(=O)N1c2ccccc2-n2cccc2C1c1ccco1)C(=O)c1ccc2ccccc2c1. The topological polar surface area (TPSA) is 58.7 Å². The Morgan fingerprint density at radius 1 is 0.868 bits per heavy atom. The third-order valence-electron chi connectivity index (χ3n) is 7.19. The summed E-state index contributed by atoms with van der Waals surface area (Å²) in [5.41, 5.74) is 3.23. The van der Waals surface area contributed by atoms with E-state index in [9.17, 15) is 9.59 Å². The third-order valence-corrected chi connectivity index (χ3v) is 7.19. The fraction of sp³-hybridized carbons (Fsp3) is 0.188. The normalized spacial score (nSPS) is 14.2. The second kappa shape index (κ2) is 10.1. The molecule has 6 rings (SSSR count). The Balaban J connectivity index is 1.37. The summed E-state index contributed by atoms with van der Waals surface area (Å²) < 4.78 is 7.93. The van der Waals surface area contributed by atoms with Gasteiger partial charge in [0.25, 0.3) is 5.91 Å². The molecule has 0 saturated heterocycles. The van der Waals surface area contributed by atoms with Crippen LogP contribution in [0.2, 0.25) is 0 Å². The largest absolute Gasteiger partial charge is 0.467 e. The van der Waals surface area contributed by atoms with Crippen LogP contribution in [0.15, 0.2) is 108 Å². The Morgan fingerprint density at radius 3 is 2.45 bits per heavy atom. The first-order valence-corrected chi connectivity index (χ1v) is 13.1. The highest BCUT2D eigenvalue weighted by molar-refractivity contribution is 6.03. The van der Waals surface area contributed by atoms with Gasteiger partial charge in [-0.25, -0.2) is 0 Å². The van der Waals surface area contributed by atoms with Crippen molar-refractivity contribution in [2.45, 2.75) is 25.8 Å². The lowest BCUT2D eigenvalue weighted by molar-refractivity contribution is -0.119. The number of carbonyl (C=O) groups excluding carboxylic acids is 2. The molecule has 2 aromatic heterocycles. The van der Waals surface area contributed by atoms with Gasteiger partial charge < -0.3 is 13.9 Å². The van der Waals surface area contributed by atoms with Crippen LogP contribution in [0.5, 0.6) is 0 Å². The molecular weight excluding hydrogens is 474 g/mol. The van der Waals surface area contributed by atoms with Crippen LogP contribution in [0, 0.1) is 0 Å². The number of nitrogens with zero attached hydrogens (tertiary/aromatic N) is 3. The highest BCUT2D eigenvalue weighted by atomic mass is 16.3. The lowest BCUT2D eigenvalue weighted by Crippen LogP contribution is -2.47. The molecule has 3 aromatic carbocycles. The van der Waals surface area contributed by atoms with Gasteiger partial charge in [-0.15, -0.1) is 0 Å². The van der Waals surface area contributed by atoms with E-state index in [1.165, 1.54) is 0 Å². The molecule has 3 heterocycles. The molecule has 1 aliphatic rings. The number of benzene rings is 3. The average Bonchev–Trinajstić information content (AvgIpc) is 3.67. The van der Waals surface area contributed by atoms with Gasteiger partial charge in [-0.3, -0.25) is 14.5 Å². The highest BCUT2D eigenvalue weighted by Crippen LogP contribution is 2.42. The average molecular weight is 504 g/mol. The van der Waals surface area contributed by atoms with Gasteiger partial charge >= 0.3 is 0 Å². The molecule has 38 heavy (non-hydrogen) atoms. The van der Waals surface area contributed by atoms with Crippen molar-refractivity contribution in [2.75, 3.05) is 18.0 Å². The van der Waals surface area contributed by atoms with Gasteiger partial charge in [0.1, 0.15) is 18.3 Å². The van der Waals surface area contributed by atoms with Crippen LogP contribution in [-0.2, 0) is 4.79 Å². The molecule has 0 N–H and O–H groups in total. The van der Waals surface area contributed by atoms with Gasteiger partial charge in [0, 0.05) is 18.3 Å². The van der Waals surface area contributed by atoms with E-state index < -0.39 is 6.04 Å². The van der Waals surface area contributed by atoms with E-state index in [0.29, 0.717) is 17.9 Å². The highest BCUT2D eigenvalue weighted by Gasteiger charge is 2.38. The monoisotopic (exact) mass is 503 g/mol. The number of anilines is 1. The van der Waals surface area contributed by atoms with Gasteiger partial charge in [-0.1, -0.05) is 55.8 Å². The maximum atomic E-state index is 14.2. The summed E-state index contributed by atoms with van der Waals surface area (Å²) in [5, 5.41) is 2.08. The Labute approximate surface area is 221 Å². The molecule has 6 heteroatoms. The van der Waals surface area contributed by atoms with Crippen molar-refractivity contribution < 1.29 is 14.0 Å². The van der Waals surface area contributed by atoms with Gasteiger partial charge in [0.05, 0.1) is 23.3 Å². The number of hydrogen-bond donors (Lipinski definition) is 0. The first kappa shape index (κ1) is 23.8. The minimum absolute atomic E-state index is 0.0298. The Hall–Kier alpha value is -4.58. The summed E-state index contributed by atoms with van der Waals surface area (Å²) >= 11 is 0. The maximum absolute atomic E-state index is 14.2. The second-order valence-corrected chi connectivity index (χ2v) is 9.62. The van der Waals surface area contributed by atoms with Gasteiger partial charge in [0.2, 0.25) is 5.91 Å². The van der Waals surface area contributed by atoms with E-state index in [2.05, 4.69) is 11.5 Å². The summed E-state index contributed by atoms with van der Waals surface area (Å²) in [7, 11) is 0. The number of fused-ring (bicyclic) bond motifs is 4. The van der Waals surface area contributed by atoms with Crippen LogP contribution in [0.4, 0.5) is 5.69 Å². The lowest BCUT2D eigenvalue weighted by Gasteiger charge is -2.38. The number of amides is 2. The van der Waals surface area contributed by atoms with Crippen LogP contribution < -0.4 is 4.90 Å². The van der Waals surface area contributed by atoms with Crippen molar-refractivity contribution >= 4 is 28.3 Å². The van der Waals surface area contributed by atoms with Crippen LogP contribution in [-0.4, -0.2) is 34.4 Å². The standard InChI is InChI=1S/C32H29N3O3/c1-2-3-18-33(32(37)25-17-16-23-10-4-5-11-24(23)21-25)22-30(36)35-27-13-7-6-12-26(27)34-19-8-14-28(34)31(35)29-15-9-20-38-29/h4-17,19-21,31H,2-3,18,22H2,1H3. The van der Waals surface area contributed by atoms with Crippen molar-refractivity contribution in [3.8, 4) is 5.69 Å². The van der Waals surface area contributed by atoms with Crippen LogP contribution >= 0.6 is 0 Å². The molecule has 1 unspecified atom stereocenters. The summed E-state index contributed by atoms with van der Waals surface area (Å²) in [5.74, 6) is 0.381. The summed E-state index contributed by atoms with van der Waals surface area (Å²) in [4.78, 5) is 31.4. The molecule has 0 saturated carbocycles. The quantitative estimate of drug-likeness (QED) is 0.251. The molecule has 6 nitrogen and oxygen atoms in total. The molecule has 2 amide bonds. The lowest BCUT2D eigenvalue weighted by atomic mass is 10.0. The van der Waals surface area contributed by atoms with E-state index in [4.69, 9.17) is 4.42 Å². The summed E-state index contributed by atoms with van der Waals surface area (Å²) in [6, 6.07) is 28.8. The van der Waals surface area contributed by atoms with E-state index in [0.717, 1.165) is 40.7 Å². The van der Waals surface area contributed by atoms with Crippen molar-refractivity contribution in [1.29, 1.82) is 0 Å². The Kier molecular flexibility index (Phi) is 6.30. The molecule has 1 aliphatic heterocycles. The van der Waals surface area contributed by atoms with E-state index in [-0.39, 0.29) is 18.4 Å².